The first kappa shape index (κ1) is 24.0. The predicted molar refractivity (Wildman–Crippen MR) is 130 cm³/mol. The average Bonchev–Trinajstić information content (AvgIpc) is 3.39. The summed E-state index contributed by atoms with van der Waals surface area (Å²) in [6.07, 6.45) is 2.35. The third-order valence-corrected chi connectivity index (χ3v) is 6.79. The summed E-state index contributed by atoms with van der Waals surface area (Å²) in [4.78, 5) is 30.5. The van der Waals surface area contributed by atoms with E-state index in [9.17, 15) is 14.0 Å². The Kier molecular flexibility index (Phi) is 7.67. The maximum absolute atomic E-state index is 14.5. The molecule has 2 aromatic rings. The fourth-order valence-corrected chi connectivity index (χ4v) is 4.77. The molecule has 2 aromatic carbocycles. The fraction of sp³-hybridized carbons (Fsp3) is 0.462. The number of anilines is 1. The summed E-state index contributed by atoms with van der Waals surface area (Å²) < 4.78 is 19.8. The maximum Gasteiger partial charge on any atom is 0.317 e. The van der Waals surface area contributed by atoms with Crippen LogP contribution in [0.15, 0.2) is 42.5 Å². The summed E-state index contributed by atoms with van der Waals surface area (Å²) in [6.45, 7) is 6.11. The molecular weight excluding hydrogens is 435 g/mol. The molecule has 2 heterocycles. The molecule has 4 rings (SSSR count). The summed E-state index contributed by atoms with van der Waals surface area (Å²) in [5.74, 6) is 0.255. The highest BCUT2D eigenvalue weighted by molar-refractivity contribution is 5.94. The van der Waals surface area contributed by atoms with E-state index in [0.717, 1.165) is 24.4 Å². The van der Waals surface area contributed by atoms with E-state index < -0.39 is 5.82 Å². The Morgan fingerprint density at radius 2 is 1.68 bits per heavy atom. The van der Waals surface area contributed by atoms with Gasteiger partial charge in [0, 0.05) is 38.3 Å². The highest BCUT2D eigenvalue weighted by Gasteiger charge is 2.27. The molecule has 0 radical (unpaired) electrons. The fourth-order valence-electron chi connectivity index (χ4n) is 4.77. The highest BCUT2D eigenvalue weighted by Crippen LogP contribution is 2.27. The van der Waals surface area contributed by atoms with Crippen LogP contribution in [0.2, 0.25) is 0 Å². The number of carbonyl (C=O) groups excluding carboxylic acids is 2. The Bertz CT molecular complexity index is 1000. The monoisotopic (exact) mass is 468 g/mol. The lowest BCUT2D eigenvalue weighted by Crippen LogP contribution is -2.53. The van der Waals surface area contributed by atoms with Gasteiger partial charge < -0.3 is 19.9 Å². The van der Waals surface area contributed by atoms with E-state index in [1.165, 1.54) is 25.8 Å². The van der Waals surface area contributed by atoms with Crippen LogP contribution < -0.4 is 15.0 Å². The van der Waals surface area contributed by atoms with E-state index in [1.54, 1.807) is 24.1 Å². The van der Waals surface area contributed by atoms with Crippen molar-refractivity contribution >= 4 is 17.5 Å². The van der Waals surface area contributed by atoms with Crippen molar-refractivity contribution in [1.29, 1.82) is 0 Å². The summed E-state index contributed by atoms with van der Waals surface area (Å²) in [6, 6.07) is 12.7. The number of likely N-dealkylation sites (tertiary alicyclic amines) is 1. The van der Waals surface area contributed by atoms with Crippen LogP contribution >= 0.6 is 0 Å². The van der Waals surface area contributed by atoms with Crippen molar-refractivity contribution in [2.45, 2.75) is 25.8 Å². The number of hydrogen-bond donors (Lipinski definition) is 1. The van der Waals surface area contributed by atoms with Gasteiger partial charge in [0.1, 0.15) is 11.6 Å². The van der Waals surface area contributed by atoms with Gasteiger partial charge in [0.05, 0.1) is 18.8 Å². The molecule has 2 aliphatic heterocycles. The maximum atomic E-state index is 14.5. The van der Waals surface area contributed by atoms with Gasteiger partial charge in [-0.3, -0.25) is 9.69 Å². The van der Waals surface area contributed by atoms with Gasteiger partial charge in [0.2, 0.25) is 0 Å². The normalized spacial score (nSPS) is 17.5. The van der Waals surface area contributed by atoms with Crippen LogP contribution in [0.1, 0.15) is 41.7 Å². The number of ether oxygens (including phenoxy) is 1. The lowest BCUT2D eigenvalue weighted by molar-refractivity contribution is 0.101. The first-order valence-corrected chi connectivity index (χ1v) is 11.9. The summed E-state index contributed by atoms with van der Waals surface area (Å²) in [5.41, 5.74) is 2.00. The van der Waals surface area contributed by atoms with E-state index in [4.69, 9.17) is 4.74 Å². The van der Waals surface area contributed by atoms with Crippen molar-refractivity contribution in [2.75, 3.05) is 57.8 Å². The lowest BCUT2D eigenvalue weighted by atomic mass is 10.1. The quantitative estimate of drug-likeness (QED) is 0.628. The number of urea groups is 1. The third-order valence-electron chi connectivity index (χ3n) is 6.79. The number of piperazine rings is 1. The van der Waals surface area contributed by atoms with Gasteiger partial charge in [-0.15, -0.1) is 0 Å². The largest absolute Gasteiger partial charge is 0.497 e. The molecule has 2 saturated heterocycles. The van der Waals surface area contributed by atoms with E-state index in [0.29, 0.717) is 44.0 Å². The minimum absolute atomic E-state index is 0.0928. The Labute approximate surface area is 200 Å². The molecule has 0 aromatic heterocycles. The lowest BCUT2D eigenvalue weighted by Gasteiger charge is -2.37. The number of nitrogens with one attached hydrogen (secondary N) is 1. The Balaban J connectivity index is 1.34. The van der Waals surface area contributed by atoms with Crippen LogP contribution in [-0.2, 0) is 0 Å². The van der Waals surface area contributed by atoms with Crippen LogP contribution in [-0.4, -0.2) is 74.5 Å². The number of benzene rings is 2. The second-order valence-corrected chi connectivity index (χ2v) is 8.91. The molecule has 2 amide bonds. The van der Waals surface area contributed by atoms with E-state index in [1.807, 2.05) is 17.0 Å². The Morgan fingerprint density at radius 1 is 1.00 bits per heavy atom. The molecule has 0 unspecified atom stereocenters. The summed E-state index contributed by atoms with van der Waals surface area (Å²) >= 11 is 0. The molecule has 34 heavy (non-hydrogen) atoms. The molecule has 0 spiro atoms. The molecule has 1 N–H and O–H groups in total. The highest BCUT2D eigenvalue weighted by atomic mass is 19.1. The van der Waals surface area contributed by atoms with Gasteiger partial charge >= 0.3 is 6.03 Å². The summed E-state index contributed by atoms with van der Waals surface area (Å²) in [7, 11) is 1.66. The van der Waals surface area contributed by atoms with Gasteiger partial charge in [0.15, 0.2) is 5.78 Å². The number of halogens is 1. The molecule has 182 valence electrons. The van der Waals surface area contributed by atoms with Gasteiger partial charge in [0.25, 0.3) is 0 Å². The number of methoxy groups -OCH3 is 1. The first-order chi connectivity index (χ1) is 16.5. The smallest absolute Gasteiger partial charge is 0.317 e. The van der Waals surface area contributed by atoms with Crippen molar-refractivity contribution in [3.63, 3.8) is 0 Å². The summed E-state index contributed by atoms with van der Waals surface area (Å²) in [5, 5.41) is 3.13. The van der Waals surface area contributed by atoms with Gasteiger partial charge in [-0.05, 0) is 68.8 Å². The molecule has 1 atom stereocenters. The molecule has 2 aliphatic rings. The molecule has 8 heteroatoms. The molecule has 0 aliphatic carbocycles. The molecule has 0 bridgehead atoms. The van der Waals surface area contributed by atoms with Crippen molar-refractivity contribution < 1.29 is 18.7 Å². The van der Waals surface area contributed by atoms with Crippen molar-refractivity contribution in [3.05, 3.63) is 59.4 Å². The second kappa shape index (κ2) is 10.9. The van der Waals surface area contributed by atoms with E-state index in [-0.39, 0.29) is 17.9 Å². The van der Waals surface area contributed by atoms with Crippen LogP contribution in [0.4, 0.5) is 14.9 Å². The first-order valence-electron chi connectivity index (χ1n) is 11.9. The Morgan fingerprint density at radius 3 is 2.26 bits per heavy atom. The Hall–Kier alpha value is -3.13. The van der Waals surface area contributed by atoms with Crippen molar-refractivity contribution in [1.82, 2.24) is 15.1 Å². The molecule has 7 nitrogen and oxygen atoms in total. The number of rotatable bonds is 7. The SMILES string of the molecule is COc1ccc([C@@H](CNC(=O)N2CCN(c3ccc(C(C)=O)cc3F)CC2)N2CCCC2)cc1. The van der Waals surface area contributed by atoms with E-state index >= 15 is 0 Å². The number of nitrogens with zero attached hydrogens (tertiary/aromatic N) is 3. The van der Waals surface area contributed by atoms with Crippen LogP contribution in [0.5, 0.6) is 5.75 Å². The average molecular weight is 469 g/mol. The zero-order valence-electron chi connectivity index (χ0n) is 19.9. The zero-order valence-corrected chi connectivity index (χ0v) is 19.9. The minimum Gasteiger partial charge on any atom is -0.497 e. The van der Waals surface area contributed by atoms with Crippen LogP contribution in [0.3, 0.4) is 0 Å². The topological polar surface area (TPSA) is 65.1 Å². The van der Waals surface area contributed by atoms with Crippen molar-refractivity contribution in [2.24, 2.45) is 0 Å². The number of amides is 2. The molecule has 0 saturated carbocycles. The van der Waals surface area contributed by atoms with Crippen LogP contribution in [0, 0.1) is 5.82 Å². The van der Waals surface area contributed by atoms with Crippen LogP contribution in [0.25, 0.3) is 0 Å². The predicted octanol–water partition coefficient (Wildman–Crippen LogP) is 3.71. The van der Waals surface area contributed by atoms with Crippen molar-refractivity contribution in [3.8, 4) is 5.75 Å². The van der Waals surface area contributed by atoms with Gasteiger partial charge in [-0.1, -0.05) is 12.1 Å². The van der Waals surface area contributed by atoms with Gasteiger partial charge in [-0.25, -0.2) is 9.18 Å². The number of Topliss-reactive ketones (excluding diaryl/α,β-unsaturated/α-hetero) is 1. The second-order valence-electron chi connectivity index (χ2n) is 8.91. The van der Waals surface area contributed by atoms with Gasteiger partial charge in [-0.2, -0.15) is 0 Å². The zero-order chi connectivity index (χ0) is 24.1. The standard InChI is InChI=1S/C26H33FN4O3/c1-19(32)21-7-10-24(23(27)17-21)30-13-15-31(16-14-30)26(33)28-18-25(29-11-3-4-12-29)20-5-8-22(34-2)9-6-20/h5-10,17,25H,3-4,11-16,18H2,1-2H3,(H,28,33)/t25-/m1/s1. The molecular formula is C26H33FN4O3. The number of ketones is 1. The minimum atomic E-state index is -0.404. The number of hydrogen-bond acceptors (Lipinski definition) is 5. The molecule has 2 fully saturated rings. The van der Waals surface area contributed by atoms with E-state index in [2.05, 4.69) is 22.3 Å². The number of carbonyl (C=O) groups is 2. The third kappa shape index (κ3) is 5.50.